The number of ether oxygens (including phenoxy) is 1. The van der Waals surface area contributed by atoms with Gasteiger partial charge in [0.2, 0.25) is 0 Å². The zero-order valence-electron chi connectivity index (χ0n) is 16.6. The summed E-state index contributed by atoms with van der Waals surface area (Å²) in [6.07, 6.45) is 3.99. The molecule has 0 unspecified atom stereocenters. The second-order valence-electron chi connectivity index (χ2n) is 7.20. The van der Waals surface area contributed by atoms with Crippen molar-refractivity contribution in [1.82, 2.24) is 4.90 Å². The summed E-state index contributed by atoms with van der Waals surface area (Å²) in [6.45, 7) is 5.44. The number of amides is 1. The summed E-state index contributed by atoms with van der Waals surface area (Å²) in [5, 5.41) is 0. The van der Waals surface area contributed by atoms with E-state index >= 15 is 0 Å². The van der Waals surface area contributed by atoms with Crippen molar-refractivity contribution in [2.45, 2.75) is 32.7 Å². The standard InChI is InChI=1S/C23H27NO4/c1-17(2)21(18-8-10-19(26-3)11-9-18)12-13-24(16-20-6-4-14-27-20)23(25)22-7-5-15-28-22/h4-11,14-15,17,21H,12-13,16H2,1-3H3/t21-/m0/s1. The maximum Gasteiger partial charge on any atom is 0.289 e. The number of nitrogens with zero attached hydrogens (tertiary/aromatic N) is 1. The van der Waals surface area contributed by atoms with Crippen LogP contribution in [0.2, 0.25) is 0 Å². The molecule has 0 N–H and O–H groups in total. The molecule has 5 heteroatoms. The summed E-state index contributed by atoms with van der Waals surface area (Å²) in [6, 6.07) is 15.3. The van der Waals surface area contributed by atoms with Gasteiger partial charge in [-0.15, -0.1) is 0 Å². The highest BCUT2D eigenvalue weighted by atomic mass is 16.5. The number of methoxy groups -OCH3 is 1. The molecular weight excluding hydrogens is 354 g/mol. The Morgan fingerprint density at radius 2 is 1.75 bits per heavy atom. The van der Waals surface area contributed by atoms with Crippen molar-refractivity contribution in [3.63, 3.8) is 0 Å². The van der Waals surface area contributed by atoms with Crippen LogP contribution in [-0.4, -0.2) is 24.5 Å². The first kappa shape index (κ1) is 19.8. The lowest BCUT2D eigenvalue weighted by atomic mass is 9.85. The fourth-order valence-electron chi connectivity index (χ4n) is 3.43. The van der Waals surface area contributed by atoms with Gasteiger partial charge in [-0.25, -0.2) is 0 Å². The Balaban J connectivity index is 1.75. The third kappa shape index (κ3) is 4.85. The van der Waals surface area contributed by atoms with Crippen LogP contribution >= 0.6 is 0 Å². The molecule has 0 aliphatic heterocycles. The van der Waals surface area contributed by atoms with E-state index in [2.05, 4.69) is 26.0 Å². The molecule has 0 spiro atoms. The van der Waals surface area contributed by atoms with Crippen LogP contribution in [0.25, 0.3) is 0 Å². The van der Waals surface area contributed by atoms with Crippen LogP contribution in [0.1, 0.15) is 48.1 Å². The van der Waals surface area contributed by atoms with Crippen LogP contribution in [0, 0.1) is 5.92 Å². The van der Waals surface area contributed by atoms with Crippen LogP contribution in [0.15, 0.2) is 69.9 Å². The summed E-state index contributed by atoms with van der Waals surface area (Å²) in [7, 11) is 1.67. The molecule has 0 saturated heterocycles. The number of hydrogen-bond donors (Lipinski definition) is 0. The Labute approximate surface area is 165 Å². The molecule has 0 aliphatic rings. The average Bonchev–Trinajstić information content (AvgIpc) is 3.41. The van der Waals surface area contributed by atoms with Crippen LogP contribution in [-0.2, 0) is 6.54 Å². The second kappa shape index (κ2) is 9.31. The molecule has 0 saturated carbocycles. The zero-order valence-corrected chi connectivity index (χ0v) is 16.6. The molecule has 1 aromatic carbocycles. The SMILES string of the molecule is COc1ccc([C@@H](CCN(Cc2ccco2)C(=O)c2ccco2)C(C)C)cc1. The van der Waals surface area contributed by atoms with E-state index in [-0.39, 0.29) is 5.91 Å². The normalized spacial score (nSPS) is 12.1. The van der Waals surface area contributed by atoms with E-state index in [1.165, 1.54) is 11.8 Å². The Kier molecular flexibility index (Phi) is 6.58. The molecule has 28 heavy (non-hydrogen) atoms. The minimum Gasteiger partial charge on any atom is -0.497 e. The Morgan fingerprint density at radius 1 is 1.04 bits per heavy atom. The van der Waals surface area contributed by atoms with Crippen LogP contribution < -0.4 is 4.74 Å². The fourth-order valence-corrected chi connectivity index (χ4v) is 3.43. The fraction of sp³-hybridized carbons (Fsp3) is 0.348. The molecular formula is C23H27NO4. The molecule has 3 aromatic rings. The van der Waals surface area contributed by atoms with Gasteiger partial charge < -0.3 is 18.5 Å². The van der Waals surface area contributed by atoms with E-state index in [0.29, 0.717) is 30.7 Å². The summed E-state index contributed by atoms with van der Waals surface area (Å²) < 4.78 is 16.0. The van der Waals surface area contributed by atoms with Gasteiger partial charge in [0.1, 0.15) is 11.5 Å². The van der Waals surface area contributed by atoms with Crippen LogP contribution in [0.4, 0.5) is 0 Å². The molecule has 2 aromatic heterocycles. The minimum atomic E-state index is -0.126. The number of benzene rings is 1. The quantitative estimate of drug-likeness (QED) is 0.501. The first-order valence-electron chi connectivity index (χ1n) is 9.57. The van der Waals surface area contributed by atoms with Gasteiger partial charge in [-0.05, 0) is 60.2 Å². The summed E-state index contributed by atoms with van der Waals surface area (Å²) in [5.74, 6) is 2.59. The number of furan rings is 2. The molecule has 5 nitrogen and oxygen atoms in total. The van der Waals surface area contributed by atoms with E-state index in [1.54, 1.807) is 30.4 Å². The maximum absolute atomic E-state index is 12.9. The third-order valence-electron chi connectivity index (χ3n) is 5.00. The largest absolute Gasteiger partial charge is 0.497 e. The van der Waals surface area contributed by atoms with Crippen LogP contribution in [0.5, 0.6) is 5.75 Å². The maximum atomic E-state index is 12.9. The van der Waals surface area contributed by atoms with Gasteiger partial charge in [0.15, 0.2) is 5.76 Å². The van der Waals surface area contributed by atoms with Crippen LogP contribution in [0.3, 0.4) is 0 Å². The molecule has 2 heterocycles. The first-order valence-corrected chi connectivity index (χ1v) is 9.57. The summed E-state index contributed by atoms with van der Waals surface area (Å²) in [5.41, 5.74) is 1.25. The molecule has 148 valence electrons. The lowest BCUT2D eigenvalue weighted by Crippen LogP contribution is -2.32. The van der Waals surface area contributed by atoms with E-state index < -0.39 is 0 Å². The number of carbonyl (C=O) groups excluding carboxylic acids is 1. The number of carbonyl (C=O) groups is 1. The first-order chi connectivity index (χ1) is 13.6. The van der Waals surface area contributed by atoms with Gasteiger partial charge in [0.25, 0.3) is 5.91 Å². The lowest BCUT2D eigenvalue weighted by molar-refractivity contribution is 0.0690. The van der Waals surface area contributed by atoms with Gasteiger partial charge in [-0.3, -0.25) is 4.79 Å². The lowest BCUT2D eigenvalue weighted by Gasteiger charge is -2.26. The highest BCUT2D eigenvalue weighted by molar-refractivity contribution is 5.91. The smallest absolute Gasteiger partial charge is 0.289 e. The monoisotopic (exact) mass is 381 g/mol. The molecule has 0 aliphatic carbocycles. The highest BCUT2D eigenvalue weighted by Gasteiger charge is 2.23. The predicted octanol–water partition coefficient (Wildman–Crippen LogP) is 5.35. The molecule has 0 radical (unpaired) electrons. The van der Waals surface area contributed by atoms with E-state index in [0.717, 1.165) is 17.9 Å². The molecule has 0 fully saturated rings. The van der Waals surface area contributed by atoms with Crippen molar-refractivity contribution in [2.75, 3.05) is 13.7 Å². The number of hydrogen-bond acceptors (Lipinski definition) is 4. The van der Waals surface area contributed by atoms with Gasteiger partial charge in [0.05, 0.1) is 26.2 Å². The van der Waals surface area contributed by atoms with Crippen molar-refractivity contribution < 1.29 is 18.4 Å². The molecule has 1 atom stereocenters. The Morgan fingerprint density at radius 3 is 2.32 bits per heavy atom. The van der Waals surface area contributed by atoms with Gasteiger partial charge >= 0.3 is 0 Å². The third-order valence-corrected chi connectivity index (χ3v) is 5.00. The molecule has 1 amide bonds. The summed E-state index contributed by atoms with van der Waals surface area (Å²) in [4.78, 5) is 14.7. The summed E-state index contributed by atoms with van der Waals surface area (Å²) >= 11 is 0. The van der Waals surface area contributed by atoms with Crippen molar-refractivity contribution in [2.24, 2.45) is 5.92 Å². The number of rotatable bonds is 9. The van der Waals surface area contributed by atoms with Crippen molar-refractivity contribution in [1.29, 1.82) is 0 Å². The topological polar surface area (TPSA) is 55.8 Å². The van der Waals surface area contributed by atoms with Crippen molar-refractivity contribution in [3.8, 4) is 5.75 Å². The predicted molar refractivity (Wildman–Crippen MR) is 107 cm³/mol. The van der Waals surface area contributed by atoms with Crippen molar-refractivity contribution >= 4 is 5.91 Å². The minimum absolute atomic E-state index is 0.126. The molecule has 0 bridgehead atoms. The Bertz CT molecular complexity index is 835. The van der Waals surface area contributed by atoms with E-state index in [9.17, 15) is 4.79 Å². The van der Waals surface area contributed by atoms with E-state index in [1.807, 2.05) is 24.3 Å². The molecule has 3 rings (SSSR count). The Hall–Kier alpha value is -2.95. The van der Waals surface area contributed by atoms with Gasteiger partial charge in [0, 0.05) is 6.54 Å². The zero-order chi connectivity index (χ0) is 19.9. The second-order valence-corrected chi connectivity index (χ2v) is 7.20. The van der Waals surface area contributed by atoms with Crippen molar-refractivity contribution in [3.05, 3.63) is 78.1 Å². The highest BCUT2D eigenvalue weighted by Crippen LogP contribution is 2.30. The van der Waals surface area contributed by atoms with Gasteiger partial charge in [-0.1, -0.05) is 26.0 Å². The average molecular weight is 381 g/mol. The van der Waals surface area contributed by atoms with Gasteiger partial charge in [-0.2, -0.15) is 0 Å². The van der Waals surface area contributed by atoms with E-state index in [4.69, 9.17) is 13.6 Å².